The Morgan fingerprint density at radius 2 is 2.05 bits per heavy atom. The van der Waals surface area contributed by atoms with Crippen LogP contribution in [0.4, 0.5) is 0 Å². The highest BCUT2D eigenvalue weighted by atomic mass is 79.9. The van der Waals surface area contributed by atoms with Crippen LogP contribution in [0.5, 0.6) is 5.75 Å². The molecule has 0 radical (unpaired) electrons. The van der Waals surface area contributed by atoms with Gasteiger partial charge < -0.3 is 10.1 Å². The molecule has 1 rings (SSSR count). The topological polar surface area (TPSA) is 55.4 Å². The minimum Gasteiger partial charge on any atom is -0.494 e. The molecule has 0 heterocycles. The van der Waals surface area contributed by atoms with Crippen molar-refractivity contribution < 1.29 is 13.2 Å². The van der Waals surface area contributed by atoms with Gasteiger partial charge in [-0.05, 0) is 30.2 Å². The molecule has 1 aromatic rings. The average Bonchev–Trinajstić information content (AvgIpc) is 2.43. The van der Waals surface area contributed by atoms with Crippen LogP contribution in [0.1, 0.15) is 32.8 Å². The lowest BCUT2D eigenvalue weighted by molar-refractivity contribution is 0.317. The van der Waals surface area contributed by atoms with E-state index in [1.807, 2.05) is 18.2 Å². The molecule has 1 N–H and O–H groups in total. The van der Waals surface area contributed by atoms with Gasteiger partial charge in [-0.15, -0.1) is 0 Å². The Bertz CT molecular complexity index is 544. The summed E-state index contributed by atoms with van der Waals surface area (Å²) >= 11 is 3.52. The SMILES string of the molecule is CCS(=O)(=O)CCCOc1ccc(Br)c(CNC(C)C)c1. The third-order valence-electron chi connectivity index (χ3n) is 3.03. The highest BCUT2D eigenvalue weighted by Crippen LogP contribution is 2.22. The first-order valence-corrected chi connectivity index (χ1v) is 9.80. The molecule has 0 amide bonds. The van der Waals surface area contributed by atoms with Crippen LogP contribution in [-0.2, 0) is 16.4 Å². The maximum absolute atomic E-state index is 11.4. The summed E-state index contributed by atoms with van der Waals surface area (Å²) in [5.74, 6) is 1.14. The fraction of sp³-hybridized carbons (Fsp3) is 0.600. The maximum atomic E-state index is 11.4. The normalized spacial score (nSPS) is 11.9. The molecule has 0 atom stereocenters. The molecule has 1 aromatic carbocycles. The van der Waals surface area contributed by atoms with Crippen LogP contribution in [0, 0.1) is 0 Å². The molecule has 0 aliphatic carbocycles. The van der Waals surface area contributed by atoms with Crippen LogP contribution in [0.15, 0.2) is 22.7 Å². The number of rotatable bonds is 9. The van der Waals surface area contributed by atoms with Gasteiger partial charge in [0.15, 0.2) is 0 Å². The van der Waals surface area contributed by atoms with Crippen molar-refractivity contribution in [2.45, 2.75) is 39.8 Å². The first-order valence-electron chi connectivity index (χ1n) is 7.19. The summed E-state index contributed by atoms with van der Waals surface area (Å²) in [5, 5.41) is 3.36. The number of halogens is 1. The Morgan fingerprint density at radius 3 is 2.67 bits per heavy atom. The Balaban J connectivity index is 2.50. The summed E-state index contributed by atoms with van der Waals surface area (Å²) in [7, 11) is -2.90. The molecule has 21 heavy (non-hydrogen) atoms. The monoisotopic (exact) mass is 377 g/mol. The number of nitrogens with one attached hydrogen (secondary N) is 1. The molecule has 4 nitrogen and oxygen atoms in total. The lowest BCUT2D eigenvalue weighted by atomic mass is 10.2. The minimum atomic E-state index is -2.90. The summed E-state index contributed by atoms with van der Waals surface area (Å²) in [6, 6.07) is 6.24. The molecule has 120 valence electrons. The second kappa shape index (κ2) is 8.76. The summed E-state index contributed by atoms with van der Waals surface area (Å²) in [4.78, 5) is 0. The molecule has 6 heteroatoms. The number of sulfone groups is 1. The van der Waals surface area contributed by atoms with E-state index in [0.29, 0.717) is 19.1 Å². The zero-order valence-corrected chi connectivity index (χ0v) is 15.3. The Kier molecular flexibility index (Phi) is 7.70. The van der Waals surface area contributed by atoms with Crippen molar-refractivity contribution in [3.05, 3.63) is 28.2 Å². The van der Waals surface area contributed by atoms with Gasteiger partial charge in [0.1, 0.15) is 15.6 Å². The predicted molar refractivity (Wildman–Crippen MR) is 90.6 cm³/mol. The zero-order valence-electron chi connectivity index (χ0n) is 12.9. The van der Waals surface area contributed by atoms with Gasteiger partial charge in [0.25, 0.3) is 0 Å². The lowest BCUT2D eigenvalue weighted by Crippen LogP contribution is -2.22. The minimum absolute atomic E-state index is 0.182. The van der Waals surface area contributed by atoms with Crippen molar-refractivity contribution >= 4 is 25.8 Å². The molecular formula is C15H24BrNO3S. The molecule has 0 unspecified atom stereocenters. The highest BCUT2D eigenvalue weighted by molar-refractivity contribution is 9.10. The van der Waals surface area contributed by atoms with Crippen molar-refractivity contribution in [2.75, 3.05) is 18.1 Å². The second-order valence-electron chi connectivity index (χ2n) is 5.23. The summed E-state index contributed by atoms with van der Waals surface area (Å²) in [5.41, 5.74) is 1.13. The first kappa shape index (κ1) is 18.5. The largest absolute Gasteiger partial charge is 0.494 e. The number of hydrogen-bond donors (Lipinski definition) is 1. The van der Waals surface area contributed by atoms with E-state index in [-0.39, 0.29) is 11.5 Å². The van der Waals surface area contributed by atoms with Crippen LogP contribution in [-0.4, -0.2) is 32.6 Å². The fourth-order valence-corrected chi connectivity index (χ4v) is 2.94. The van der Waals surface area contributed by atoms with E-state index < -0.39 is 9.84 Å². The molecule has 0 spiro atoms. The van der Waals surface area contributed by atoms with Gasteiger partial charge in [-0.2, -0.15) is 0 Å². The van der Waals surface area contributed by atoms with Gasteiger partial charge in [-0.3, -0.25) is 0 Å². The van der Waals surface area contributed by atoms with Gasteiger partial charge in [0.2, 0.25) is 0 Å². The van der Waals surface area contributed by atoms with Gasteiger partial charge in [0.05, 0.1) is 12.4 Å². The van der Waals surface area contributed by atoms with Crippen LogP contribution in [0.3, 0.4) is 0 Å². The third-order valence-corrected chi connectivity index (χ3v) is 5.59. The zero-order chi connectivity index (χ0) is 15.9. The Labute approximate surface area is 136 Å². The number of ether oxygens (including phenoxy) is 1. The van der Waals surface area contributed by atoms with Crippen molar-refractivity contribution in [1.29, 1.82) is 0 Å². The average molecular weight is 378 g/mol. The van der Waals surface area contributed by atoms with Crippen molar-refractivity contribution in [1.82, 2.24) is 5.32 Å². The number of hydrogen-bond acceptors (Lipinski definition) is 4. The molecule has 0 aliphatic rings. The van der Waals surface area contributed by atoms with Crippen molar-refractivity contribution in [2.24, 2.45) is 0 Å². The summed E-state index contributed by atoms with van der Waals surface area (Å²) in [6.45, 7) is 7.04. The van der Waals surface area contributed by atoms with Gasteiger partial charge in [-0.1, -0.05) is 36.7 Å². The van der Waals surface area contributed by atoms with Crippen LogP contribution < -0.4 is 10.1 Å². The van der Waals surface area contributed by atoms with Crippen LogP contribution in [0.2, 0.25) is 0 Å². The maximum Gasteiger partial charge on any atom is 0.150 e. The van der Waals surface area contributed by atoms with Gasteiger partial charge in [-0.25, -0.2) is 8.42 Å². The van der Waals surface area contributed by atoms with Crippen LogP contribution >= 0.6 is 15.9 Å². The van der Waals surface area contributed by atoms with E-state index in [2.05, 4.69) is 35.1 Å². The number of benzene rings is 1. The van der Waals surface area contributed by atoms with E-state index in [1.54, 1.807) is 6.92 Å². The van der Waals surface area contributed by atoms with Crippen molar-refractivity contribution in [3.63, 3.8) is 0 Å². The van der Waals surface area contributed by atoms with E-state index in [1.165, 1.54) is 0 Å². The quantitative estimate of drug-likeness (QED) is 0.671. The Hall–Kier alpha value is -0.590. The summed E-state index contributed by atoms with van der Waals surface area (Å²) in [6.07, 6.45) is 0.520. The molecular weight excluding hydrogens is 354 g/mol. The van der Waals surface area contributed by atoms with Gasteiger partial charge in [0, 0.05) is 22.8 Å². The molecule has 0 fully saturated rings. The Morgan fingerprint density at radius 1 is 1.33 bits per heavy atom. The first-order chi connectivity index (χ1) is 9.84. The third kappa shape index (κ3) is 7.29. The smallest absolute Gasteiger partial charge is 0.150 e. The van der Waals surface area contributed by atoms with Crippen LogP contribution in [0.25, 0.3) is 0 Å². The molecule has 0 bridgehead atoms. The fourth-order valence-electron chi connectivity index (χ4n) is 1.70. The predicted octanol–water partition coefficient (Wildman–Crippen LogP) is 3.15. The van der Waals surface area contributed by atoms with Crippen molar-refractivity contribution in [3.8, 4) is 5.75 Å². The lowest BCUT2D eigenvalue weighted by Gasteiger charge is -2.12. The molecule has 0 saturated heterocycles. The standard InChI is InChI=1S/C15H24BrNO3S/c1-4-21(18,19)9-5-8-20-14-6-7-15(16)13(10-14)11-17-12(2)3/h6-7,10,12,17H,4-5,8-9,11H2,1-3H3. The van der Waals surface area contributed by atoms with Gasteiger partial charge >= 0.3 is 0 Å². The molecule has 0 aliphatic heterocycles. The molecule has 0 saturated carbocycles. The summed E-state index contributed by atoms with van der Waals surface area (Å²) < 4.78 is 29.5. The highest BCUT2D eigenvalue weighted by Gasteiger charge is 2.07. The van der Waals surface area contributed by atoms with E-state index >= 15 is 0 Å². The van der Waals surface area contributed by atoms with E-state index in [0.717, 1.165) is 22.3 Å². The molecule has 0 aromatic heterocycles. The second-order valence-corrected chi connectivity index (χ2v) is 8.55. The van der Waals surface area contributed by atoms with E-state index in [4.69, 9.17) is 4.74 Å². The van der Waals surface area contributed by atoms with E-state index in [9.17, 15) is 8.42 Å².